The van der Waals surface area contributed by atoms with Gasteiger partial charge in [0.2, 0.25) is 0 Å². The number of carbonyl (C=O) groups is 1. The molecular weight excluding hydrogens is 454 g/mol. The fraction of sp³-hybridized carbons (Fsp3) is 0.143. The van der Waals surface area contributed by atoms with E-state index in [0.29, 0.717) is 6.42 Å². The largest absolute Gasteiger partial charge is 0.314 e. The first-order valence-corrected chi connectivity index (χ1v) is 12.4. The minimum absolute atomic E-state index is 0.0737. The van der Waals surface area contributed by atoms with E-state index in [1.54, 1.807) is 28.7 Å². The first-order chi connectivity index (χ1) is 17.2. The van der Waals surface area contributed by atoms with Crippen molar-refractivity contribution >= 4 is 34.0 Å². The van der Waals surface area contributed by atoms with E-state index >= 15 is 0 Å². The molecule has 0 bridgehead atoms. The molecule has 6 nitrogen and oxygen atoms in total. The number of carbonyl (C=O) groups excluding carboxylic acids is 1. The van der Waals surface area contributed by atoms with Crippen LogP contribution in [0.15, 0.2) is 95.7 Å². The van der Waals surface area contributed by atoms with Gasteiger partial charge in [0.15, 0.2) is 0 Å². The Morgan fingerprint density at radius 2 is 1.89 bits per heavy atom. The number of hydrazone groups is 1. The number of fused-ring (bicyclic) bond motifs is 1. The number of thiophene rings is 1. The highest BCUT2D eigenvalue weighted by molar-refractivity contribution is 7.12. The highest BCUT2D eigenvalue weighted by atomic mass is 32.1. The van der Waals surface area contributed by atoms with Crippen LogP contribution in [0.3, 0.4) is 0 Å². The fourth-order valence-electron chi connectivity index (χ4n) is 4.54. The van der Waals surface area contributed by atoms with Crippen molar-refractivity contribution in [3.8, 4) is 11.4 Å². The van der Waals surface area contributed by atoms with E-state index in [2.05, 4.69) is 42.2 Å². The fourth-order valence-corrected chi connectivity index (χ4v) is 5.26. The number of imidazole rings is 1. The zero-order valence-corrected chi connectivity index (χ0v) is 20.0. The molecule has 5 aromatic rings. The van der Waals surface area contributed by atoms with Crippen molar-refractivity contribution in [3.63, 3.8) is 0 Å². The lowest BCUT2D eigenvalue weighted by atomic mass is 10.00. The van der Waals surface area contributed by atoms with Crippen LogP contribution in [0.1, 0.15) is 28.5 Å². The number of aryl methyl sites for hydroxylation is 1. The first-order valence-electron chi connectivity index (χ1n) is 11.5. The van der Waals surface area contributed by atoms with Gasteiger partial charge in [-0.25, -0.2) is 9.99 Å². The Balaban J connectivity index is 1.40. The predicted molar refractivity (Wildman–Crippen MR) is 139 cm³/mol. The molecule has 0 saturated heterocycles. The molecule has 3 aromatic heterocycles. The highest BCUT2D eigenvalue weighted by Gasteiger charge is 2.34. The van der Waals surface area contributed by atoms with Crippen LogP contribution in [0, 0.1) is 6.92 Å². The molecule has 6 rings (SSSR count). The van der Waals surface area contributed by atoms with Gasteiger partial charge in [0.25, 0.3) is 5.91 Å². The van der Waals surface area contributed by atoms with E-state index in [4.69, 9.17) is 10.1 Å². The molecule has 1 atom stereocenters. The topological polar surface area (TPSA) is 63.4 Å². The SMILES string of the molecule is Cc1ccc(C2CC(c3cccs3)=NN2C(=O)Cn2c(-c3cccnc3)nc3ccccc32)cc1. The Hall–Kier alpha value is -4.10. The molecule has 0 radical (unpaired) electrons. The average molecular weight is 478 g/mol. The van der Waals surface area contributed by atoms with Gasteiger partial charge in [-0.15, -0.1) is 11.3 Å². The minimum atomic E-state index is -0.142. The van der Waals surface area contributed by atoms with Gasteiger partial charge in [-0.3, -0.25) is 9.78 Å². The van der Waals surface area contributed by atoms with Crippen LogP contribution < -0.4 is 0 Å². The molecule has 1 aliphatic rings. The predicted octanol–water partition coefficient (Wildman–Crippen LogP) is 5.85. The lowest BCUT2D eigenvalue weighted by Gasteiger charge is -2.23. The normalized spacial score (nSPS) is 15.5. The Bertz CT molecular complexity index is 1520. The molecule has 172 valence electrons. The number of para-hydroxylation sites is 2. The summed E-state index contributed by atoms with van der Waals surface area (Å²) in [6, 6.07) is 24.1. The third-order valence-corrected chi connectivity index (χ3v) is 7.22. The van der Waals surface area contributed by atoms with Crippen LogP contribution in [0.25, 0.3) is 22.4 Å². The smallest absolute Gasteiger partial charge is 0.263 e. The maximum absolute atomic E-state index is 13.9. The summed E-state index contributed by atoms with van der Waals surface area (Å²) >= 11 is 1.65. The zero-order chi connectivity index (χ0) is 23.8. The lowest BCUT2D eigenvalue weighted by molar-refractivity contribution is -0.133. The molecule has 1 amide bonds. The second-order valence-corrected chi connectivity index (χ2v) is 9.59. The third-order valence-electron chi connectivity index (χ3n) is 6.30. The van der Waals surface area contributed by atoms with Gasteiger partial charge < -0.3 is 4.57 Å². The number of pyridine rings is 1. The van der Waals surface area contributed by atoms with Crippen molar-refractivity contribution in [2.75, 3.05) is 0 Å². The summed E-state index contributed by atoms with van der Waals surface area (Å²) in [5.74, 6) is 0.650. The second-order valence-electron chi connectivity index (χ2n) is 8.64. The van der Waals surface area contributed by atoms with Crippen LogP contribution in [-0.4, -0.2) is 31.2 Å². The number of hydrogen-bond donors (Lipinski definition) is 0. The summed E-state index contributed by atoms with van der Waals surface area (Å²) in [6.07, 6.45) is 4.20. The number of rotatable bonds is 5. The quantitative estimate of drug-likeness (QED) is 0.319. The van der Waals surface area contributed by atoms with Gasteiger partial charge >= 0.3 is 0 Å². The van der Waals surface area contributed by atoms with Crippen molar-refractivity contribution < 1.29 is 4.79 Å². The van der Waals surface area contributed by atoms with E-state index in [1.165, 1.54) is 5.56 Å². The molecular formula is C28H23N5OS. The molecule has 2 aromatic carbocycles. The van der Waals surface area contributed by atoms with E-state index in [9.17, 15) is 4.79 Å². The monoisotopic (exact) mass is 477 g/mol. The maximum Gasteiger partial charge on any atom is 0.263 e. The van der Waals surface area contributed by atoms with Crippen molar-refractivity contribution in [2.45, 2.75) is 25.9 Å². The second kappa shape index (κ2) is 8.92. The molecule has 0 spiro atoms. The van der Waals surface area contributed by atoms with Crippen molar-refractivity contribution in [3.05, 3.63) is 107 Å². The summed E-state index contributed by atoms with van der Waals surface area (Å²) < 4.78 is 1.97. The van der Waals surface area contributed by atoms with Crippen LogP contribution in [0.2, 0.25) is 0 Å². The Morgan fingerprint density at radius 3 is 2.66 bits per heavy atom. The molecule has 0 aliphatic carbocycles. The van der Waals surface area contributed by atoms with Gasteiger partial charge in [-0.1, -0.05) is 48.0 Å². The van der Waals surface area contributed by atoms with Crippen molar-refractivity contribution in [2.24, 2.45) is 5.10 Å². The molecule has 0 fully saturated rings. The minimum Gasteiger partial charge on any atom is -0.314 e. The zero-order valence-electron chi connectivity index (χ0n) is 19.2. The summed E-state index contributed by atoms with van der Waals surface area (Å²) in [5.41, 5.74) is 5.85. The number of nitrogens with zero attached hydrogens (tertiary/aromatic N) is 5. The summed E-state index contributed by atoms with van der Waals surface area (Å²) in [4.78, 5) is 24.0. The number of aromatic nitrogens is 3. The summed E-state index contributed by atoms with van der Waals surface area (Å²) in [7, 11) is 0. The van der Waals surface area contributed by atoms with Gasteiger partial charge in [0, 0.05) is 24.4 Å². The molecule has 0 saturated carbocycles. The van der Waals surface area contributed by atoms with E-state index in [-0.39, 0.29) is 18.5 Å². The van der Waals surface area contributed by atoms with Crippen LogP contribution >= 0.6 is 11.3 Å². The van der Waals surface area contributed by atoms with E-state index in [1.807, 2.05) is 52.4 Å². The lowest BCUT2D eigenvalue weighted by Crippen LogP contribution is -2.30. The average Bonchev–Trinajstić information content (AvgIpc) is 3.64. The number of hydrogen-bond acceptors (Lipinski definition) is 5. The molecule has 1 unspecified atom stereocenters. The van der Waals surface area contributed by atoms with E-state index < -0.39 is 0 Å². The van der Waals surface area contributed by atoms with Crippen molar-refractivity contribution in [1.82, 2.24) is 19.5 Å². The Morgan fingerprint density at radius 1 is 1.03 bits per heavy atom. The standard InChI is InChI=1S/C28H23N5OS/c1-19-10-12-20(13-11-19)25-16-23(26-9-5-15-35-26)31-33(25)27(34)18-32-24-8-3-2-7-22(24)30-28(32)21-6-4-14-29-17-21/h2-15,17,25H,16,18H2,1H3. The van der Waals surface area contributed by atoms with Crippen LogP contribution in [0.4, 0.5) is 0 Å². The van der Waals surface area contributed by atoms with Crippen LogP contribution in [-0.2, 0) is 11.3 Å². The van der Waals surface area contributed by atoms with Gasteiger partial charge in [-0.05, 0) is 48.2 Å². The number of benzene rings is 2. The third kappa shape index (κ3) is 4.04. The summed E-state index contributed by atoms with van der Waals surface area (Å²) in [6.45, 7) is 2.20. The van der Waals surface area contributed by atoms with Gasteiger partial charge in [-0.2, -0.15) is 5.10 Å². The van der Waals surface area contributed by atoms with Crippen molar-refractivity contribution in [1.29, 1.82) is 0 Å². The Labute approximate surface area is 207 Å². The highest BCUT2D eigenvalue weighted by Crippen LogP contribution is 2.35. The number of amides is 1. The maximum atomic E-state index is 13.9. The molecule has 1 aliphatic heterocycles. The van der Waals surface area contributed by atoms with Crippen LogP contribution in [0.5, 0.6) is 0 Å². The molecule has 7 heteroatoms. The summed E-state index contributed by atoms with van der Waals surface area (Å²) in [5, 5.41) is 8.55. The molecule has 35 heavy (non-hydrogen) atoms. The first kappa shape index (κ1) is 21.4. The molecule has 0 N–H and O–H groups in total. The van der Waals surface area contributed by atoms with E-state index in [0.717, 1.165) is 38.6 Å². The Kier molecular flexibility index (Phi) is 5.47. The van der Waals surface area contributed by atoms with Gasteiger partial charge in [0.1, 0.15) is 12.4 Å². The molecule has 4 heterocycles. The van der Waals surface area contributed by atoms with Gasteiger partial charge in [0.05, 0.1) is 27.7 Å².